The summed E-state index contributed by atoms with van der Waals surface area (Å²) in [7, 11) is -3.96. The number of hydrogen-bond acceptors (Lipinski definition) is 7. The van der Waals surface area contributed by atoms with E-state index in [1.54, 1.807) is 11.4 Å². The molecule has 3 aromatic rings. The van der Waals surface area contributed by atoms with Gasteiger partial charge in [0.15, 0.2) is 6.17 Å². The maximum absolute atomic E-state index is 13.3. The Bertz CT molecular complexity index is 1230. The summed E-state index contributed by atoms with van der Waals surface area (Å²) in [6.45, 7) is 0.642. The summed E-state index contributed by atoms with van der Waals surface area (Å²) in [6.07, 6.45) is 1.64. The molecule has 0 aliphatic carbocycles. The molecule has 172 valence electrons. The molecular formula is C22H23N5O4S2. The number of carbonyl (C=O) groups is 2. The van der Waals surface area contributed by atoms with Crippen LogP contribution in [0.5, 0.6) is 0 Å². The molecular weight excluding hydrogens is 462 g/mol. The number of nitrogens with two attached hydrogens (primary N) is 1. The number of benzene rings is 1. The zero-order valence-corrected chi connectivity index (χ0v) is 19.3. The fourth-order valence-electron chi connectivity index (χ4n) is 3.68. The SMILES string of the molecule is NCc1cccc(CNC(=O)C2N(C(=O)c3ccncc3)CCN2S(=O)(=O)c2cccs2)c1. The molecule has 33 heavy (non-hydrogen) atoms. The number of carbonyl (C=O) groups excluding carboxylic acids is 2. The number of thiophene rings is 1. The van der Waals surface area contributed by atoms with Crippen molar-refractivity contribution in [3.8, 4) is 0 Å². The molecule has 1 saturated heterocycles. The summed E-state index contributed by atoms with van der Waals surface area (Å²) in [5, 5.41) is 4.44. The van der Waals surface area contributed by atoms with E-state index < -0.39 is 28.0 Å². The van der Waals surface area contributed by atoms with E-state index in [0.717, 1.165) is 26.8 Å². The number of aromatic nitrogens is 1. The van der Waals surface area contributed by atoms with Crippen LogP contribution in [0.1, 0.15) is 21.5 Å². The van der Waals surface area contributed by atoms with Crippen LogP contribution >= 0.6 is 11.3 Å². The standard InChI is InChI=1S/C22H23N5O4S2/c23-14-16-3-1-4-17(13-16)15-25-20(28)21-26(22(29)18-6-8-24-9-7-18)10-11-27(21)33(30,31)19-5-2-12-32-19/h1-9,12-13,21H,10-11,14-15,23H2,(H,25,28). The number of rotatable bonds is 7. The third kappa shape index (κ3) is 4.81. The molecule has 1 aliphatic rings. The van der Waals surface area contributed by atoms with Crippen LogP contribution in [0, 0.1) is 0 Å². The van der Waals surface area contributed by atoms with Crippen LogP contribution in [0.3, 0.4) is 0 Å². The van der Waals surface area contributed by atoms with Crippen LogP contribution in [0.4, 0.5) is 0 Å². The maximum Gasteiger partial charge on any atom is 0.259 e. The lowest BCUT2D eigenvalue weighted by Crippen LogP contribution is -2.53. The molecule has 3 heterocycles. The van der Waals surface area contributed by atoms with Gasteiger partial charge in [0.1, 0.15) is 4.21 Å². The van der Waals surface area contributed by atoms with Crippen molar-refractivity contribution in [2.75, 3.05) is 13.1 Å². The second-order valence-corrected chi connectivity index (χ2v) is 10.5. The first-order valence-corrected chi connectivity index (χ1v) is 12.6. The molecule has 1 unspecified atom stereocenters. The lowest BCUT2D eigenvalue weighted by Gasteiger charge is -2.28. The van der Waals surface area contributed by atoms with E-state index in [1.165, 1.54) is 35.5 Å². The number of amides is 2. The number of sulfonamides is 1. The van der Waals surface area contributed by atoms with Crippen molar-refractivity contribution in [3.63, 3.8) is 0 Å². The minimum atomic E-state index is -3.96. The highest BCUT2D eigenvalue weighted by Gasteiger charge is 2.46. The predicted molar refractivity (Wildman–Crippen MR) is 123 cm³/mol. The summed E-state index contributed by atoms with van der Waals surface area (Å²) >= 11 is 1.07. The van der Waals surface area contributed by atoms with Gasteiger partial charge in [-0.3, -0.25) is 14.6 Å². The van der Waals surface area contributed by atoms with Gasteiger partial charge in [-0.2, -0.15) is 4.31 Å². The summed E-state index contributed by atoms with van der Waals surface area (Å²) in [5.74, 6) is -1.01. The van der Waals surface area contributed by atoms with Gasteiger partial charge in [0, 0.05) is 44.1 Å². The van der Waals surface area contributed by atoms with Gasteiger partial charge in [-0.1, -0.05) is 30.3 Å². The maximum atomic E-state index is 13.3. The smallest absolute Gasteiger partial charge is 0.259 e. The average molecular weight is 486 g/mol. The molecule has 0 bridgehead atoms. The van der Waals surface area contributed by atoms with Gasteiger partial charge < -0.3 is 16.0 Å². The summed E-state index contributed by atoms with van der Waals surface area (Å²) < 4.78 is 27.7. The quantitative estimate of drug-likeness (QED) is 0.521. The summed E-state index contributed by atoms with van der Waals surface area (Å²) in [4.78, 5) is 31.7. The number of hydrogen-bond donors (Lipinski definition) is 2. The van der Waals surface area contributed by atoms with Gasteiger partial charge in [-0.15, -0.1) is 11.3 Å². The molecule has 1 aromatic carbocycles. The van der Waals surface area contributed by atoms with Gasteiger partial charge in [0.2, 0.25) is 0 Å². The Labute approximate surface area is 195 Å². The topological polar surface area (TPSA) is 126 Å². The minimum absolute atomic E-state index is 0.0117. The third-order valence-electron chi connectivity index (χ3n) is 5.30. The lowest BCUT2D eigenvalue weighted by molar-refractivity contribution is -0.127. The van der Waals surface area contributed by atoms with Crippen molar-refractivity contribution in [2.45, 2.75) is 23.5 Å². The minimum Gasteiger partial charge on any atom is -0.349 e. The van der Waals surface area contributed by atoms with E-state index >= 15 is 0 Å². The van der Waals surface area contributed by atoms with Crippen LogP contribution in [0.15, 0.2) is 70.5 Å². The van der Waals surface area contributed by atoms with Crippen LogP contribution < -0.4 is 11.1 Å². The Morgan fingerprint density at radius 3 is 2.55 bits per heavy atom. The Balaban J connectivity index is 1.62. The monoisotopic (exact) mass is 485 g/mol. The van der Waals surface area contributed by atoms with E-state index in [9.17, 15) is 18.0 Å². The fraction of sp³-hybridized carbons (Fsp3) is 0.227. The molecule has 1 atom stereocenters. The molecule has 0 radical (unpaired) electrons. The second-order valence-electron chi connectivity index (χ2n) is 7.40. The van der Waals surface area contributed by atoms with E-state index in [2.05, 4.69) is 10.3 Å². The molecule has 0 spiro atoms. The number of nitrogens with zero attached hydrogens (tertiary/aromatic N) is 3. The summed E-state index contributed by atoms with van der Waals surface area (Å²) in [5.41, 5.74) is 7.75. The van der Waals surface area contributed by atoms with Crippen LogP contribution in [0.2, 0.25) is 0 Å². The highest BCUT2D eigenvalue weighted by Crippen LogP contribution is 2.28. The van der Waals surface area contributed by atoms with E-state index in [0.29, 0.717) is 12.1 Å². The normalized spacial score (nSPS) is 16.6. The van der Waals surface area contributed by atoms with Gasteiger partial charge in [0.25, 0.3) is 21.8 Å². The van der Waals surface area contributed by atoms with E-state index in [4.69, 9.17) is 5.73 Å². The van der Waals surface area contributed by atoms with Crippen LogP contribution in [0.25, 0.3) is 0 Å². The second kappa shape index (κ2) is 9.79. The summed E-state index contributed by atoms with van der Waals surface area (Å²) in [6, 6.07) is 13.6. The highest BCUT2D eigenvalue weighted by atomic mass is 32.2. The first-order chi connectivity index (χ1) is 15.9. The predicted octanol–water partition coefficient (Wildman–Crippen LogP) is 1.39. The van der Waals surface area contributed by atoms with Gasteiger partial charge in [0.05, 0.1) is 0 Å². The molecule has 3 N–H and O–H groups in total. The third-order valence-corrected chi connectivity index (χ3v) is 8.53. The van der Waals surface area contributed by atoms with E-state index in [1.807, 2.05) is 24.3 Å². The van der Waals surface area contributed by atoms with Crippen molar-refractivity contribution in [1.82, 2.24) is 19.5 Å². The van der Waals surface area contributed by atoms with Gasteiger partial charge >= 0.3 is 0 Å². The highest BCUT2D eigenvalue weighted by molar-refractivity contribution is 7.91. The Morgan fingerprint density at radius 1 is 1.09 bits per heavy atom. The van der Waals surface area contributed by atoms with Gasteiger partial charge in [-0.25, -0.2) is 8.42 Å². The molecule has 0 saturated carbocycles. The number of pyridine rings is 1. The zero-order chi connectivity index (χ0) is 23.4. The fourth-order valence-corrected chi connectivity index (χ4v) is 6.34. The molecule has 1 fully saturated rings. The number of nitrogens with one attached hydrogen (secondary N) is 1. The zero-order valence-electron chi connectivity index (χ0n) is 17.6. The van der Waals surface area contributed by atoms with Crippen molar-refractivity contribution < 1.29 is 18.0 Å². The molecule has 9 nitrogen and oxygen atoms in total. The van der Waals surface area contributed by atoms with Crippen molar-refractivity contribution in [2.24, 2.45) is 5.73 Å². The molecule has 4 rings (SSSR count). The molecule has 2 aromatic heterocycles. The average Bonchev–Trinajstić information content (AvgIpc) is 3.54. The Morgan fingerprint density at radius 2 is 1.85 bits per heavy atom. The van der Waals surface area contributed by atoms with Crippen molar-refractivity contribution >= 4 is 33.2 Å². The molecule has 2 amide bonds. The Kier molecular flexibility index (Phi) is 6.84. The molecule has 11 heteroatoms. The van der Waals surface area contributed by atoms with Crippen molar-refractivity contribution in [1.29, 1.82) is 0 Å². The van der Waals surface area contributed by atoms with Crippen LogP contribution in [-0.4, -0.2) is 53.7 Å². The largest absolute Gasteiger partial charge is 0.349 e. The van der Waals surface area contributed by atoms with Gasteiger partial charge in [-0.05, 0) is 34.7 Å². The van der Waals surface area contributed by atoms with Crippen LogP contribution in [-0.2, 0) is 27.9 Å². The van der Waals surface area contributed by atoms with Crippen molar-refractivity contribution in [3.05, 3.63) is 83.0 Å². The first-order valence-electron chi connectivity index (χ1n) is 10.2. The molecule has 1 aliphatic heterocycles. The van der Waals surface area contributed by atoms with E-state index in [-0.39, 0.29) is 23.8 Å². The first kappa shape index (κ1) is 23.1. The lowest BCUT2D eigenvalue weighted by atomic mass is 10.1. The Hall–Kier alpha value is -3.12.